The van der Waals surface area contributed by atoms with Crippen molar-refractivity contribution >= 4 is 23.3 Å². The van der Waals surface area contributed by atoms with Crippen molar-refractivity contribution in [1.29, 1.82) is 0 Å². The molecule has 0 fully saturated rings. The molecule has 6 nitrogen and oxygen atoms in total. The number of hydrogen-bond acceptors (Lipinski definition) is 5. The van der Waals surface area contributed by atoms with Gasteiger partial charge in [-0.2, -0.15) is 10.1 Å². The van der Waals surface area contributed by atoms with E-state index in [9.17, 15) is 4.79 Å². The number of nitrogens with zero attached hydrogens (tertiary/aromatic N) is 3. The molecule has 3 heterocycles. The number of carboxylic acids is 1. The van der Waals surface area contributed by atoms with Gasteiger partial charge in [0, 0.05) is 9.75 Å². The highest BCUT2D eigenvalue weighted by molar-refractivity contribution is 7.12. The number of aliphatic carboxylic acids is 1. The van der Waals surface area contributed by atoms with Crippen LogP contribution in [-0.4, -0.2) is 25.8 Å². The van der Waals surface area contributed by atoms with Crippen LogP contribution in [0.4, 0.5) is 5.95 Å². The minimum Gasteiger partial charge on any atom is -0.477 e. The summed E-state index contributed by atoms with van der Waals surface area (Å²) in [5.74, 6) is -0.548. The standard InChI is InChI=1S/C11H10N4O2S/c1-6-2-3-9(18-6)8-4-7(10(16)17)14-11-12-5-13-15(8)11/h2-5,8H,1H3,(H,16,17)(H,12,13,14). The van der Waals surface area contributed by atoms with Gasteiger partial charge in [0.1, 0.15) is 18.1 Å². The molecule has 1 atom stereocenters. The molecular weight excluding hydrogens is 252 g/mol. The van der Waals surface area contributed by atoms with Gasteiger partial charge in [-0.05, 0) is 25.1 Å². The number of aryl methyl sites for hydroxylation is 1. The zero-order valence-electron chi connectivity index (χ0n) is 9.49. The summed E-state index contributed by atoms with van der Waals surface area (Å²) < 4.78 is 1.68. The van der Waals surface area contributed by atoms with E-state index >= 15 is 0 Å². The topological polar surface area (TPSA) is 80.0 Å². The predicted molar refractivity (Wildman–Crippen MR) is 66.6 cm³/mol. The summed E-state index contributed by atoms with van der Waals surface area (Å²) in [6.07, 6.45) is 3.06. The van der Waals surface area contributed by atoms with Crippen LogP contribution in [0.2, 0.25) is 0 Å². The third-order valence-electron chi connectivity index (χ3n) is 2.69. The summed E-state index contributed by atoms with van der Waals surface area (Å²) in [7, 11) is 0. The molecule has 0 aliphatic carbocycles. The fourth-order valence-corrected chi connectivity index (χ4v) is 2.81. The molecule has 92 valence electrons. The van der Waals surface area contributed by atoms with Crippen LogP contribution in [0.15, 0.2) is 30.2 Å². The molecule has 2 N–H and O–H groups in total. The highest BCUT2D eigenvalue weighted by atomic mass is 32.1. The minimum atomic E-state index is -0.998. The number of thiophene rings is 1. The normalized spacial score (nSPS) is 17.8. The van der Waals surface area contributed by atoms with Crippen molar-refractivity contribution in [3.05, 3.63) is 40.0 Å². The molecule has 0 spiro atoms. The Kier molecular flexibility index (Phi) is 2.41. The number of hydrogen-bond donors (Lipinski definition) is 2. The van der Waals surface area contributed by atoms with Crippen molar-refractivity contribution in [1.82, 2.24) is 14.8 Å². The second-order valence-electron chi connectivity index (χ2n) is 3.93. The van der Waals surface area contributed by atoms with Gasteiger partial charge >= 0.3 is 5.97 Å². The first-order valence-electron chi connectivity index (χ1n) is 5.33. The smallest absolute Gasteiger partial charge is 0.352 e. The Morgan fingerprint density at radius 2 is 2.39 bits per heavy atom. The van der Waals surface area contributed by atoms with Crippen LogP contribution >= 0.6 is 11.3 Å². The van der Waals surface area contributed by atoms with Crippen molar-refractivity contribution in [2.24, 2.45) is 0 Å². The lowest BCUT2D eigenvalue weighted by Crippen LogP contribution is -2.23. The summed E-state index contributed by atoms with van der Waals surface area (Å²) >= 11 is 1.62. The predicted octanol–water partition coefficient (Wildman–Crippen LogP) is 1.63. The second kappa shape index (κ2) is 3.95. The molecule has 0 radical (unpaired) electrons. The minimum absolute atomic E-state index is 0.131. The summed E-state index contributed by atoms with van der Waals surface area (Å²) in [6.45, 7) is 2.01. The Balaban J connectivity index is 2.10. The Bertz CT molecular complexity index is 643. The van der Waals surface area contributed by atoms with Gasteiger partial charge in [-0.25, -0.2) is 9.48 Å². The number of nitrogens with one attached hydrogen (secondary N) is 1. The molecule has 1 unspecified atom stereocenters. The quantitative estimate of drug-likeness (QED) is 0.859. The van der Waals surface area contributed by atoms with Gasteiger partial charge in [0.2, 0.25) is 5.95 Å². The molecule has 2 aromatic heterocycles. The van der Waals surface area contributed by atoms with Crippen LogP contribution in [0.3, 0.4) is 0 Å². The van der Waals surface area contributed by atoms with Crippen molar-refractivity contribution in [2.45, 2.75) is 13.0 Å². The lowest BCUT2D eigenvalue weighted by Gasteiger charge is -2.21. The Labute approximate surface area is 107 Å². The Hall–Kier alpha value is -2.15. The molecular formula is C11H10N4O2S. The first kappa shape index (κ1) is 11.0. The third kappa shape index (κ3) is 1.68. The first-order chi connectivity index (χ1) is 8.65. The van der Waals surface area contributed by atoms with Crippen molar-refractivity contribution in [3.63, 3.8) is 0 Å². The Morgan fingerprint density at radius 3 is 3.06 bits per heavy atom. The molecule has 0 saturated heterocycles. The van der Waals surface area contributed by atoms with Gasteiger partial charge in [-0.15, -0.1) is 11.3 Å². The number of anilines is 1. The van der Waals surface area contributed by atoms with Crippen LogP contribution in [0, 0.1) is 6.92 Å². The van der Waals surface area contributed by atoms with E-state index in [0.29, 0.717) is 5.95 Å². The second-order valence-corrected chi connectivity index (χ2v) is 5.25. The molecule has 1 aliphatic heterocycles. The van der Waals surface area contributed by atoms with E-state index in [1.807, 2.05) is 19.1 Å². The summed E-state index contributed by atoms with van der Waals surface area (Å²) in [6, 6.07) is 3.78. The van der Waals surface area contributed by atoms with E-state index < -0.39 is 5.97 Å². The van der Waals surface area contributed by atoms with E-state index in [2.05, 4.69) is 15.4 Å². The van der Waals surface area contributed by atoms with Crippen LogP contribution in [-0.2, 0) is 4.79 Å². The summed E-state index contributed by atoms with van der Waals surface area (Å²) in [5.41, 5.74) is 0.131. The highest BCUT2D eigenvalue weighted by Gasteiger charge is 2.26. The molecule has 2 aromatic rings. The largest absolute Gasteiger partial charge is 0.477 e. The number of fused-ring (bicyclic) bond motifs is 1. The molecule has 0 bridgehead atoms. The molecule has 1 aliphatic rings. The maximum Gasteiger partial charge on any atom is 0.352 e. The number of carbonyl (C=O) groups is 1. The molecule has 0 aromatic carbocycles. The van der Waals surface area contributed by atoms with Gasteiger partial charge < -0.3 is 10.4 Å². The van der Waals surface area contributed by atoms with E-state index in [4.69, 9.17) is 5.11 Å². The number of carboxylic acid groups (broad SMARTS) is 1. The molecule has 0 saturated carbocycles. The van der Waals surface area contributed by atoms with Gasteiger partial charge in [-0.1, -0.05) is 0 Å². The van der Waals surface area contributed by atoms with Crippen LogP contribution in [0.1, 0.15) is 15.8 Å². The summed E-state index contributed by atoms with van der Waals surface area (Å²) in [4.78, 5) is 17.3. The van der Waals surface area contributed by atoms with E-state index in [0.717, 1.165) is 4.88 Å². The maximum absolute atomic E-state index is 11.1. The van der Waals surface area contributed by atoms with Gasteiger partial charge in [-0.3, -0.25) is 0 Å². The summed E-state index contributed by atoms with van der Waals surface area (Å²) in [5, 5.41) is 16.0. The number of rotatable bonds is 2. The molecule has 3 rings (SSSR count). The van der Waals surface area contributed by atoms with Crippen molar-refractivity contribution in [2.75, 3.05) is 5.32 Å². The first-order valence-corrected chi connectivity index (χ1v) is 6.15. The van der Waals surface area contributed by atoms with Gasteiger partial charge in [0.15, 0.2) is 0 Å². The molecule has 0 amide bonds. The van der Waals surface area contributed by atoms with E-state index in [-0.39, 0.29) is 11.7 Å². The monoisotopic (exact) mass is 262 g/mol. The van der Waals surface area contributed by atoms with Crippen LogP contribution < -0.4 is 5.32 Å². The fourth-order valence-electron chi connectivity index (χ4n) is 1.87. The van der Waals surface area contributed by atoms with Gasteiger partial charge in [0.05, 0.1) is 0 Å². The SMILES string of the molecule is Cc1ccc(C2C=C(C(=O)O)Nc3ncnn32)s1. The van der Waals surface area contributed by atoms with Crippen LogP contribution in [0.5, 0.6) is 0 Å². The fraction of sp³-hybridized carbons (Fsp3) is 0.182. The van der Waals surface area contributed by atoms with Crippen LogP contribution in [0.25, 0.3) is 0 Å². The zero-order valence-corrected chi connectivity index (χ0v) is 10.3. The molecule has 7 heteroatoms. The molecule has 18 heavy (non-hydrogen) atoms. The lowest BCUT2D eigenvalue weighted by atomic mass is 10.2. The number of aromatic nitrogens is 3. The third-order valence-corrected chi connectivity index (χ3v) is 3.76. The van der Waals surface area contributed by atoms with Crippen molar-refractivity contribution < 1.29 is 9.90 Å². The van der Waals surface area contributed by atoms with Gasteiger partial charge in [0.25, 0.3) is 0 Å². The Morgan fingerprint density at radius 1 is 1.56 bits per heavy atom. The van der Waals surface area contributed by atoms with E-state index in [1.165, 1.54) is 11.2 Å². The highest BCUT2D eigenvalue weighted by Crippen LogP contribution is 2.32. The zero-order chi connectivity index (χ0) is 12.7. The average Bonchev–Trinajstić information content (AvgIpc) is 2.95. The average molecular weight is 262 g/mol. The van der Waals surface area contributed by atoms with Crippen molar-refractivity contribution in [3.8, 4) is 0 Å². The van der Waals surface area contributed by atoms with E-state index in [1.54, 1.807) is 22.1 Å². The maximum atomic E-state index is 11.1. The lowest BCUT2D eigenvalue weighted by molar-refractivity contribution is -0.132. The number of allylic oxidation sites excluding steroid dienone is 1.